The Morgan fingerprint density at radius 3 is 2.56 bits per heavy atom. The van der Waals surface area contributed by atoms with Crippen molar-refractivity contribution in [3.63, 3.8) is 0 Å². The summed E-state index contributed by atoms with van der Waals surface area (Å²) in [6.07, 6.45) is 8.49. The topological polar surface area (TPSA) is 15.3 Å². The van der Waals surface area contributed by atoms with E-state index in [2.05, 4.69) is 16.1 Å². The Bertz CT molecular complexity index is 399. The van der Waals surface area contributed by atoms with Crippen molar-refractivity contribution >= 4 is 17.3 Å². The number of benzene rings is 1. The lowest BCUT2D eigenvalue weighted by Gasteiger charge is -2.32. The predicted molar refractivity (Wildman–Crippen MR) is 78.0 cm³/mol. The van der Waals surface area contributed by atoms with Crippen LogP contribution in [0.25, 0.3) is 0 Å². The van der Waals surface area contributed by atoms with Crippen LogP contribution >= 0.6 is 11.6 Å². The third-order valence-electron chi connectivity index (χ3n) is 3.37. The van der Waals surface area contributed by atoms with Crippen molar-refractivity contribution in [3.8, 4) is 12.3 Å². The summed E-state index contributed by atoms with van der Waals surface area (Å²) >= 11 is 5.87. The highest BCUT2D eigenvalue weighted by Gasteiger charge is 2.18. The van der Waals surface area contributed by atoms with Crippen molar-refractivity contribution in [2.45, 2.75) is 25.3 Å². The highest BCUT2D eigenvalue weighted by molar-refractivity contribution is 6.30. The van der Waals surface area contributed by atoms with E-state index in [4.69, 9.17) is 18.0 Å². The van der Waals surface area contributed by atoms with Crippen LogP contribution in [-0.2, 0) is 0 Å². The molecule has 1 heterocycles. The lowest BCUT2D eigenvalue weighted by molar-refractivity contribution is 0.224. The summed E-state index contributed by atoms with van der Waals surface area (Å²) in [5.74, 6) is 2.70. The maximum Gasteiger partial charge on any atom is 0.0407 e. The van der Waals surface area contributed by atoms with Gasteiger partial charge in [-0.05, 0) is 37.1 Å². The predicted octanol–water partition coefficient (Wildman–Crippen LogP) is 3.24. The largest absolute Gasteiger partial charge is 0.382 e. The molecule has 3 heteroatoms. The normalized spacial score (nSPS) is 17.3. The van der Waals surface area contributed by atoms with Gasteiger partial charge in [0, 0.05) is 42.8 Å². The molecular weight excluding hydrogens is 244 g/mol. The van der Waals surface area contributed by atoms with Crippen molar-refractivity contribution < 1.29 is 0 Å². The molecule has 1 aromatic rings. The van der Waals surface area contributed by atoms with E-state index in [1.54, 1.807) is 0 Å². The second-order valence-electron chi connectivity index (χ2n) is 4.72. The molecule has 1 saturated heterocycles. The first kappa shape index (κ1) is 13.3. The number of halogens is 1. The van der Waals surface area contributed by atoms with Crippen molar-refractivity contribution in [1.29, 1.82) is 0 Å². The summed E-state index contributed by atoms with van der Waals surface area (Å²) in [5.41, 5.74) is 1.15. The minimum atomic E-state index is 0.563. The Morgan fingerprint density at radius 2 is 1.94 bits per heavy atom. The quantitative estimate of drug-likeness (QED) is 0.838. The molecule has 0 amide bonds. The zero-order valence-corrected chi connectivity index (χ0v) is 11.3. The van der Waals surface area contributed by atoms with Crippen LogP contribution in [0.1, 0.15) is 19.3 Å². The van der Waals surface area contributed by atoms with E-state index in [1.165, 1.54) is 12.8 Å². The first-order chi connectivity index (χ1) is 8.78. The fourth-order valence-electron chi connectivity index (χ4n) is 2.31. The molecule has 1 aliphatic heterocycles. The molecule has 2 rings (SSSR count). The molecule has 0 atom stereocenters. The molecular formula is C15H19ClN2. The van der Waals surface area contributed by atoms with Gasteiger partial charge < -0.3 is 10.2 Å². The van der Waals surface area contributed by atoms with Crippen LogP contribution in [0.4, 0.5) is 5.69 Å². The number of piperidine rings is 1. The molecule has 0 aromatic heterocycles. The molecule has 0 aliphatic carbocycles. The Hall–Kier alpha value is -1.17. The minimum Gasteiger partial charge on any atom is -0.382 e. The van der Waals surface area contributed by atoms with Gasteiger partial charge in [0.25, 0.3) is 0 Å². The van der Waals surface area contributed by atoms with Gasteiger partial charge in [0.1, 0.15) is 0 Å². The zero-order chi connectivity index (χ0) is 12.8. The Kier molecular flexibility index (Phi) is 4.92. The molecule has 1 fully saturated rings. The van der Waals surface area contributed by atoms with Gasteiger partial charge in [-0.25, -0.2) is 0 Å². The maximum absolute atomic E-state index is 5.87. The molecule has 0 bridgehead atoms. The van der Waals surface area contributed by atoms with Gasteiger partial charge in [0.05, 0.1) is 0 Å². The standard InChI is InChI=1S/C15H19ClN2/c1-2-3-10-18-11-8-15(9-12-18)17-14-6-4-13(16)5-7-14/h1,4-7,15,17H,3,8-12H2. The number of likely N-dealkylation sites (tertiary alicyclic amines) is 1. The first-order valence-corrected chi connectivity index (χ1v) is 6.83. The SMILES string of the molecule is C#CCCN1CCC(Nc2ccc(Cl)cc2)CC1. The smallest absolute Gasteiger partial charge is 0.0407 e. The van der Waals surface area contributed by atoms with Crippen LogP contribution < -0.4 is 5.32 Å². The molecule has 1 aliphatic rings. The lowest BCUT2D eigenvalue weighted by atomic mass is 10.0. The van der Waals surface area contributed by atoms with Gasteiger partial charge in [-0.15, -0.1) is 12.3 Å². The number of rotatable bonds is 4. The summed E-state index contributed by atoms with van der Waals surface area (Å²) in [5, 5.41) is 4.34. The minimum absolute atomic E-state index is 0.563. The van der Waals surface area contributed by atoms with Crippen LogP contribution in [0.15, 0.2) is 24.3 Å². The number of terminal acetylenes is 1. The monoisotopic (exact) mass is 262 g/mol. The number of nitrogens with zero attached hydrogens (tertiary/aromatic N) is 1. The molecule has 0 spiro atoms. The molecule has 1 N–H and O–H groups in total. The van der Waals surface area contributed by atoms with Crippen LogP contribution in [-0.4, -0.2) is 30.6 Å². The maximum atomic E-state index is 5.87. The average Bonchev–Trinajstić information content (AvgIpc) is 2.41. The number of anilines is 1. The molecule has 18 heavy (non-hydrogen) atoms. The highest BCUT2D eigenvalue weighted by Crippen LogP contribution is 2.18. The van der Waals surface area contributed by atoms with Gasteiger partial charge in [0.15, 0.2) is 0 Å². The van der Waals surface area contributed by atoms with E-state index in [-0.39, 0.29) is 0 Å². The first-order valence-electron chi connectivity index (χ1n) is 6.46. The van der Waals surface area contributed by atoms with Gasteiger partial charge in [0.2, 0.25) is 0 Å². The van der Waals surface area contributed by atoms with Crippen molar-refractivity contribution in [3.05, 3.63) is 29.3 Å². The van der Waals surface area contributed by atoms with E-state index >= 15 is 0 Å². The average molecular weight is 263 g/mol. The Labute approximate surface area is 114 Å². The molecule has 0 radical (unpaired) electrons. The molecule has 1 aromatic carbocycles. The Balaban J connectivity index is 1.76. The van der Waals surface area contributed by atoms with E-state index in [9.17, 15) is 0 Å². The van der Waals surface area contributed by atoms with Crippen molar-refractivity contribution in [2.24, 2.45) is 0 Å². The van der Waals surface area contributed by atoms with Gasteiger partial charge in [-0.2, -0.15) is 0 Å². The van der Waals surface area contributed by atoms with E-state index in [0.717, 1.165) is 36.8 Å². The van der Waals surface area contributed by atoms with Crippen LogP contribution in [0, 0.1) is 12.3 Å². The van der Waals surface area contributed by atoms with Crippen LogP contribution in [0.3, 0.4) is 0 Å². The van der Waals surface area contributed by atoms with Crippen LogP contribution in [0.2, 0.25) is 5.02 Å². The number of hydrogen-bond acceptors (Lipinski definition) is 2. The second-order valence-corrected chi connectivity index (χ2v) is 5.16. The van der Waals surface area contributed by atoms with Gasteiger partial charge >= 0.3 is 0 Å². The van der Waals surface area contributed by atoms with E-state index in [1.807, 2.05) is 24.3 Å². The molecule has 2 nitrogen and oxygen atoms in total. The molecule has 0 unspecified atom stereocenters. The zero-order valence-electron chi connectivity index (χ0n) is 10.5. The third kappa shape index (κ3) is 3.94. The third-order valence-corrected chi connectivity index (χ3v) is 3.63. The van der Waals surface area contributed by atoms with Crippen molar-refractivity contribution in [2.75, 3.05) is 25.0 Å². The van der Waals surface area contributed by atoms with E-state index < -0.39 is 0 Å². The second kappa shape index (κ2) is 6.68. The summed E-state index contributed by atoms with van der Waals surface area (Å²) in [6, 6.07) is 8.48. The fraction of sp³-hybridized carbons (Fsp3) is 0.467. The van der Waals surface area contributed by atoms with Crippen molar-refractivity contribution in [1.82, 2.24) is 4.90 Å². The number of nitrogens with one attached hydrogen (secondary N) is 1. The Morgan fingerprint density at radius 1 is 1.28 bits per heavy atom. The van der Waals surface area contributed by atoms with Gasteiger partial charge in [-0.3, -0.25) is 0 Å². The number of hydrogen-bond donors (Lipinski definition) is 1. The highest BCUT2D eigenvalue weighted by atomic mass is 35.5. The summed E-state index contributed by atoms with van der Waals surface area (Å²) in [6.45, 7) is 3.30. The molecule has 0 saturated carbocycles. The fourth-order valence-corrected chi connectivity index (χ4v) is 2.43. The summed E-state index contributed by atoms with van der Waals surface area (Å²) in [4.78, 5) is 2.44. The molecule has 96 valence electrons. The van der Waals surface area contributed by atoms with Crippen LogP contribution in [0.5, 0.6) is 0 Å². The summed E-state index contributed by atoms with van der Waals surface area (Å²) < 4.78 is 0. The van der Waals surface area contributed by atoms with Gasteiger partial charge in [-0.1, -0.05) is 11.6 Å². The summed E-state index contributed by atoms with van der Waals surface area (Å²) in [7, 11) is 0. The lowest BCUT2D eigenvalue weighted by Crippen LogP contribution is -2.39. The van der Waals surface area contributed by atoms with E-state index in [0.29, 0.717) is 6.04 Å².